The molecule has 0 spiro atoms. The molecule has 1 aliphatic heterocycles. The van der Waals surface area contributed by atoms with Crippen molar-refractivity contribution in [2.75, 3.05) is 13.7 Å². The van der Waals surface area contributed by atoms with Crippen LogP contribution in [0.1, 0.15) is 23.6 Å². The summed E-state index contributed by atoms with van der Waals surface area (Å²) >= 11 is 0. The highest BCUT2D eigenvalue weighted by atomic mass is 16.5. The Balaban J connectivity index is 1.90. The van der Waals surface area contributed by atoms with Gasteiger partial charge < -0.3 is 14.2 Å². The average Bonchev–Trinajstić information content (AvgIpc) is 2.97. The number of carbonyl (C=O) groups is 1. The normalized spacial score (nSPS) is 15.1. The molecule has 4 nitrogen and oxygen atoms in total. The van der Waals surface area contributed by atoms with Crippen LogP contribution in [0, 0.1) is 6.92 Å². The molecule has 0 fully saturated rings. The molecule has 0 amide bonds. The molecule has 25 heavy (non-hydrogen) atoms. The average molecular weight is 336 g/mol. The van der Waals surface area contributed by atoms with Crippen molar-refractivity contribution in [3.63, 3.8) is 0 Å². The van der Waals surface area contributed by atoms with Crippen LogP contribution in [0.25, 0.3) is 11.8 Å². The third-order valence-corrected chi connectivity index (χ3v) is 3.87. The van der Waals surface area contributed by atoms with Gasteiger partial charge in [0.25, 0.3) is 0 Å². The minimum absolute atomic E-state index is 0.358. The van der Waals surface area contributed by atoms with Crippen molar-refractivity contribution in [3.05, 3.63) is 70.8 Å². The van der Waals surface area contributed by atoms with Crippen LogP contribution in [-0.2, 0) is 9.53 Å². The number of carbonyl (C=O) groups excluding carboxylic acids is 1. The molecule has 0 saturated carbocycles. The lowest BCUT2D eigenvalue weighted by atomic mass is 10.1. The molecule has 0 atom stereocenters. The van der Waals surface area contributed by atoms with E-state index in [9.17, 15) is 4.79 Å². The van der Waals surface area contributed by atoms with Gasteiger partial charge in [0.05, 0.1) is 19.3 Å². The monoisotopic (exact) mass is 336 g/mol. The Bertz CT molecular complexity index is 845. The summed E-state index contributed by atoms with van der Waals surface area (Å²) < 4.78 is 16.2. The van der Waals surface area contributed by atoms with Crippen LogP contribution in [0.15, 0.2) is 54.1 Å². The van der Waals surface area contributed by atoms with E-state index in [1.54, 1.807) is 19.3 Å². The minimum atomic E-state index is -0.358. The topological polar surface area (TPSA) is 44.8 Å². The van der Waals surface area contributed by atoms with E-state index in [4.69, 9.17) is 14.2 Å². The van der Waals surface area contributed by atoms with Crippen LogP contribution < -0.4 is 9.47 Å². The number of rotatable bonds is 5. The summed E-state index contributed by atoms with van der Waals surface area (Å²) in [6.45, 7) is 4.50. The summed E-state index contributed by atoms with van der Waals surface area (Å²) in [5, 5.41) is 0. The van der Waals surface area contributed by atoms with Gasteiger partial charge in [-0.25, -0.2) is 4.79 Å². The van der Waals surface area contributed by atoms with Gasteiger partial charge in [-0.2, -0.15) is 0 Å². The lowest BCUT2D eigenvalue weighted by Crippen LogP contribution is -1.98. The van der Waals surface area contributed by atoms with Crippen molar-refractivity contribution >= 4 is 17.8 Å². The van der Waals surface area contributed by atoms with Gasteiger partial charge >= 0.3 is 5.97 Å². The van der Waals surface area contributed by atoms with Gasteiger partial charge in [0.2, 0.25) is 0 Å². The van der Waals surface area contributed by atoms with Crippen molar-refractivity contribution in [1.29, 1.82) is 0 Å². The number of ether oxygens (including phenoxy) is 3. The maximum atomic E-state index is 12.2. The third-order valence-electron chi connectivity index (χ3n) is 3.87. The van der Waals surface area contributed by atoms with Crippen molar-refractivity contribution in [2.45, 2.75) is 13.8 Å². The first-order chi connectivity index (χ1) is 12.1. The maximum Gasteiger partial charge on any atom is 0.343 e. The zero-order valence-electron chi connectivity index (χ0n) is 14.5. The predicted molar refractivity (Wildman–Crippen MR) is 97.4 cm³/mol. The molecule has 128 valence electrons. The summed E-state index contributed by atoms with van der Waals surface area (Å²) in [6.07, 6.45) is 3.54. The van der Waals surface area contributed by atoms with Gasteiger partial charge in [0.15, 0.2) is 11.5 Å². The Morgan fingerprint density at radius 1 is 1.08 bits per heavy atom. The number of esters is 1. The van der Waals surface area contributed by atoms with Crippen LogP contribution in [-0.4, -0.2) is 19.7 Å². The predicted octanol–water partition coefficient (Wildman–Crippen LogP) is 4.38. The number of cyclic esters (lactones) is 1. The molecule has 3 rings (SSSR count). The summed E-state index contributed by atoms with van der Waals surface area (Å²) in [5.41, 5.74) is 3.38. The smallest absolute Gasteiger partial charge is 0.343 e. The SMILES string of the molecule is CCOc1ccc(/C=C2\C=C(c3ccc(C)cc3)OC2=O)cc1OC. The van der Waals surface area contributed by atoms with E-state index < -0.39 is 0 Å². The second-order valence-corrected chi connectivity index (χ2v) is 5.71. The molecule has 4 heteroatoms. The summed E-state index contributed by atoms with van der Waals surface area (Å²) in [4.78, 5) is 12.2. The number of aryl methyl sites for hydroxylation is 1. The fraction of sp³-hybridized carbons (Fsp3) is 0.190. The highest BCUT2D eigenvalue weighted by Crippen LogP contribution is 2.31. The van der Waals surface area contributed by atoms with Gasteiger partial charge in [-0.05, 0) is 43.7 Å². The molecule has 0 radical (unpaired) electrons. The second kappa shape index (κ2) is 7.26. The zero-order valence-corrected chi connectivity index (χ0v) is 14.5. The van der Waals surface area contributed by atoms with Crippen LogP contribution in [0.4, 0.5) is 0 Å². The van der Waals surface area contributed by atoms with Crippen molar-refractivity contribution < 1.29 is 19.0 Å². The van der Waals surface area contributed by atoms with Crippen LogP contribution >= 0.6 is 0 Å². The standard InChI is InChI=1S/C21H20O4/c1-4-24-18-10-7-15(12-20(18)23-3)11-17-13-19(25-21(17)22)16-8-5-14(2)6-9-16/h5-13H,4H2,1-3H3/b17-11+. The van der Waals surface area contributed by atoms with Gasteiger partial charge in [0.1, 0.15) is 5.76 Å². The summed E-state index contributed by atoms with van der Waals surface area (Å²) in [7, 11) is 1.59. The molecule has 0 N–H and O–H groups in total. The molecular formula is C21H20O4. The molecular weight excluding hydrogens is 316 g/mol. The van der Waals surface area contributed by atoms with E-state index >= 15 is 0 Å². The Hall–Kier alpha value is -3.01. The van der Waals surface area contributed by atoms with E-state index in [-0.39, 0.29) is 5.97 Å². The Morgan fingerprint density at radius 3 is 2.52 bits per heavy atom. The molecule has 0 bridgehead atoms. The lowest BCUT2D eigenvalue weighted by molar-refractivity contribution is -0.130. The van der Waals surface area contributed by atoms with Crippen LogP contribution in [0.3, 0.4) is 0 Å². The Kier molecular flexibility index (Phi) is 4.89. The fourth-order valence-corrected chi connectivity index (χ4v) is 2.58. The zero-order chi connectivity index (χ0) is 17.8. The van der Waals surface area contributed by atoms with Crippen molar-refractivity contribution in [3.8, 4) is 11.5 Å². The quantitative estimate of drug-likeness (QED) is 0.600. The minimum Gasteiger partial charge on any atom is -0.493 e. The fourth-order valence-electron chi connectivity index (χ4n) is 2.58. The van der Waals surface area contributed by atoms with E-state index in [2.05, 4.69) is 0 Å². The van der Waals surface area contributed by atoms with Crippen molar-refractivity contribution in [2.24, 2.45) is 0 Å². The Morgan fingerprint density at radius 2 is 1.84 bits per heavy atom. The van der Waals surface area contributed by atoms with Gasteiger partial charge in [-0.1, -0.05) is 35.9 Å². The van der Waals surface area contributed by atoms with Gasteiger partial charge in [-0.15, -0.1) is 0 Å². The molecule has 1 aliphatic rings. The first-order valence-electron chi connectivity index (χ1n) is 8.14. The lowest BCUT2D eigenvalue weighted by Gasteiger charge is -2.09. The van der Waals surface area contributed by atoms with Crippen LogP contribution in [0.2, 0.25) is 0 Å². The van der Waals surface area contributed by atoms with Gasteiger partial charge in [-0.3, -0.25) is 0 Å². The first-order valence-corrected chi connectivity index (χ1v) is 8.14. The largest absolute Gasteiger partial charge is 0.493 e. The number of hydrogen-bond donors (Lipinski definition) is 0. The second-order valence-electron chi connectivity index (χ2n) is 5.71. The molecule has 2 aromatic carbocycles. The number of methoxy groups -OCH3 is 1. The van der Waals surface area contributed by atoms with Gasteiger partial charge in [0, 0.05) is 5.56 Å². The van der Waals surface area contributed by atoms with Crippen LogP contribution in [0.5, 0.6) is 11.5 Å². The first kappa shape index (κ1) is 16.8. The Labute approximate surface area is 147 Å². The van der Waals surface area contributed by atoms with E-state index in [0.29, 0.717) is 29.4 Å². The molecule has 0 aromatic heterocycles. The highest BCUT2D eigenvalue weighted by Gasteiger charge is 2.22. The number of benzene rings is 2. The molecule has 0 aliphatic carbocycles. The van der Waals surface area contributed by atoms with E-state index in [0.717, 1.165) is 16.7 Å². The maximum absolute atomic E-state index is 12.2. The molecule has 0 unspecified atom stereocenters. The summed E-state index contributed by atoms with van der Waals surface area (Å²) in [6, 6.07) is 13.4. The summed E-state index contributed by atoms with van der Waals surface area (Å²) in [5.74, 6) is 1.51. The molecule has 1 heterocycles. The highest BCUT2D eigenvalue weighted by molar-refractivity contribution is 6.05. The molecule has 0 saturated heterocycles. The van der Waals surface area contributed by atoms with E-state index in [1.807, 2.05) is 56.3 Å². The number of hydrogen-bond acceptors (Lipinski definition) is 4. The van der Waals surface area contributed by atoms with Crippen molar-refractivity contribution in [1.82, 2.24) is 0 Å². The third kappa shape index (κ3) is 3.74. The molecule has 2 aromatic rings. The van der Waals surface area contributed by atoms with E-state index in [1.165, 1.54) is 0 Å².